The average Bonchev–Trinajstić information content (AvgIpc) is 3.10. The number of ether oxygens (including phenoxy) is 1. The highest BCUT2D eigenvalue weighted by Gasteiger charge is 2.14. The van der Waals surface area contributed by atoms with Crippen molar-refractivity contribution in [1.29, 1.82) is 0 Å². The SMILES string of the molecule is O=C(OCCc1cccnc1)c1ccc(N2CCCC2)nc1. The summed E-state index contributed by atoms with van der Waals surface area (Å²) in [5.41, 5.74) is 1.55. The van der Waals surface area contributed by atoms with Gasteiger partial charge in [-0.05, 0) is 36.6 Å². The Balaban J connectivity index is 1.51. The van der Waals surface area contributed by atoms with Crippen LogP contribution in [-0.4, -0.2) is 35.6 Å². The lowest BCUT2D eigenvalue weighted by atomic mass is 10.2. The van der Waals surface area contributed by atoms with E-state index in [1.807, 2.05) is 18.2 Å². The Morgan fingerprint density at radius 3 is 2.73 bits per heavy atom. The largest absolute Gasteiger partial charge is 0.462 e. The molecule has 1 saturated heterocycles. The molecule has 0 bridgehead atoms. The molecule has 0 amide bonds. The molecule has 0 saturated carbocycles. The molecule has 0 N–H and O–H groups in total. The van der Waals surface area contributed by atoms with E-state index in [0.717, 1.165) is 24.5 Å². The summed E-state index contributed by atoms with van der Waals surface area (Å²) in [5.74, 6) is 0.605. The molecule has 1 fully saturated rings. The van der Waals surface area contributed by atoms with E-state index in [1.54, 1.807) is 24.7 Å². The predicted octanol–water partition coefficient (Wildman–Crippen LogP) is 2.48. The zero-order valence-corrected chi connectivity index (χ0v) is 12.4. The van der Waals surface area contributed by atoms with E-state index in [4.69, 9.17) is 4.74 Å². The Morgan fingerprint density at radius 2 is 2.05 bits per heavy atom. The number of carbonyl (C=O) groups excluding carboxylic acids is 1. The Kier molecular flexibility index (Phi) is 4.63. The molecule has 0 aliphatic carbocycles. The molecular weight excluding hydrogens is 278 g/mol. The van der Waals surface area contributed by atoms with Gasteiger partial charge in [-0.25, -0.2) is 9.78 Å². The van der Waals surface area contributed by atoms with Crippen molar-refractivity contribution < 1.29 is 9.53 Å². The molecule has 3 heterocycles. The fourth-order valence-electron chi connectivity index (χ4n) is 2.53. The maximum atomic E-state index is 12.0. The Bertz CT molecular complexity index is 608. The van der Waals surface area contributed by atoms with Crippen LogP contribution in [-0.2, 0) is 11.2 Å². The van der Waals surface area contributed by atoms with Crippen molar-refractivity contribution in [3.05, 3.63) is 54.0 Å². The van der Waals surface area contributed by atoms with E-state index >= 15 is 0 Å². The minimum Gasteiger partial charge on any atom is -0.462 e. The summed E-state index contributed by atoms with van der Waals surface area (Å²) in [5, 5.41) is 0. The van der Waals surface area contributed by atoms with Gasteiger partial charge in [0.25, 0.3) is 0 Å². The van der Waals surface area contributed by atoms with Gasteiger partial charge in [-0.15, -0.1) is 0 Å². The van der Waals surface area contributed by atoms with E-state index in [0.29, 0.717) is 18.6 Å². The number of hydrogen-bond donors (Lipinski definition) is 0. The first-order valence-electron chi connectivity index (χ1n) is 7.60. The second-order valence-electron chi connectivity index (χ2n) is 5.35. The molecule has 0 spiro atoms. The van der Waals surface area contributed by atoms with Gasteiger partial charge in [-0.2, -0.15) is 0 Å². The third-order valence-electron chi connectivity index (χ3n) is 3.76. The van der Waals surface area contributed by atoms with Crippen LogP contribution >= 0.6 is 0 Å². The summed E-state index contributed by atoms with van der Waals surface area (Å²) in [6, 6.07) is 7.52. The van der Waals surface area contributed by atoms with E-state index in [9.17, 15) is 4.79 Å². The van der Waals surface area contributed by atoms with E-state index in [2.05, 4.69) is 14.9 Å². The number of pyridine rings is 2. The van der Waals surface area contributed by atoms with Crippen LogP contribution in [0.2, 0.25) is 0 Å². The van der Waals surface area contributed by atoms with Crippen LogP contribution in [0.25, 0.3) is 0 Å². The first-order valence-corrected chi connectivity index (χ1v) is 7.60. The second-order valence-corrected chi connectivity index (χ2v) is 5.35. The van der Waals surface area contributed by atoms with Crippen LogP contribution in [0.4, 0.5) is 5.82 Å². The third-order valence-corrected chi connectivity index (χ3v) is 3.76. The lowest BCUT2D eigenvalue weighted by Gasteiger charge is -2.16. The van der Waals surface area contributed by atoms with E-state index in [-0.39, 0.29) is 5.97 Å². The van der Waals surface area contributed by atoms with Crippen LogP contribution in [0.15, 0.2) is 42.9 Å². The zero-order chi connectivity index (χ0) is 15.2. The number of hydrogen-bond acceptors (Lipinski definition) is 5. The second kappa shape index (κ2) is 7.02. The number of carbonyl (C=O) groups is 1. The third kappa shape index (κ3) is 3.61. The van der Waals surface area contributed by atoms with Crippen molar-refractivity contribution in [2.75, 3.05) is 24.6 Å². The first-order chi connectivity index (χ1) is 10.8. The van der Waals surface area contributed by atoms with Gasteiger partial charge in [0.1, 0.15) is 5.82 Å². The van der Waals surface area contributed by atoms with Crippen molar-refractivity contribution in [2.24, 2.45) is 0 Å². The van der Waals surface area contributed by atoms with Crippen LogP contribution in [0.5, 0.6) is 0 Å². The summed E-state index contributed by atoms with van der Waals surface area (Å²) >= 11 is 0. The molecule has 114 valence electrons. The number of nitrogens with zero attached hydrogens (tertiary/aromatic N) is 3. The molecule has 1 aliphatic heterocycles. The van der Waals surface area contributed by atoms with Crippen LogP contribution in [0.3, 0.4) is 0 Å². The molecule has 2 aromatic rings. The maximum Gasteiger partial charge on any atom is 0.339 e. The monoisotopic (exact) mass is 297 g/mol. The lowest BCUT2D eigenvalue weighted by molar-refractivity contribution is 0.0509. The van der Waals surface area contributed by atoms with Crippen LogP contribution in [0.1, 0.15) is 28.8 Å². The highest BCUT2D eigenvalue weighted by Crippen LogP contribution is 2.17. The summed E-state index contributed by atoms with van der Waals surface area (Å²) in [6.45, 7) is 2.43. The summed E-state index contributed by atoms with van der Waals surface area (Å²) < 4.78 is 5.28. The highest BCUT2D eigenvalue weighted by molar-refractivity contribution is 5.89. The molecule has 3 rings (SSSR count). The van der Waals surface area contributed by atoms with Gasteiger partial charge in [0.15, 0.2) is 0 Å². The van der Waals surface area contributed by atoms with E-state index in [1.165, 1.54) is 12.8 Å². The molecule has 5 nitrogen and oxygen atoms in total. The lowest BCUT2D eigenvalue weighted by Crippen LogP contribution is -2.19. The molecule has 0 unspecified atom stereocenters. The molecule has 0 aromatic carbocycles. The predicted molar refractivity (Wildman–Crippen MR) is 83.9 cm³/mol. The first kappa shape index (κ1) is 14.5. The van der Waals surface area contributed by atoms with Gasteiger partial charge in [-0.1, -0.05) is 6.07 Å². The molecule has 0 radical (unpaired) electrons. The van der Waals surface area contributed by atoms with Crippen molar-refractivity contribution >= 4 is 11.8 Å². The fourth-order valence-corrected chi connectivity index (χ4v) is 2.53. The maximum absolute atomic E-state index is 12.0. The highest BCUT2D eigenvalue weighted by atomic mass is 16.5. The standard InChI is InChI=1S/C17H19N3O2/c21-17(22-11-7-14-4-3-8-18-12-14)15-5-6-16(19-13-15)20-9-1-2-10-20/h3-6,8,12-13H,1-2,7,9-11H2. The zero-order valence-electron chi connectivity index (χ0n) is 12.4. The van der Waals surface area contributed by atoms with Gasteiger partial charge in [0, 0.05) is 38.1 Å². The Labute approximate surface area is 130 Å². The summed E-state index contributed by atoms with van der Waals surface area (Å²) in [4.78, 5) is 22.6. The van der Waals surface area contributed by atoms with Crippen LogP contribution in [0, 0.1) is 0 Å². The Morgan fingerprint density at radius 1 is 1.18 bits per heavy atom. The minimum absolute atomic E-state index is 0.329. The number of aromatic nitrogens is 2. The summed E-state index contributed by atoms with van der Waals surface area (Å²) in [6.07, 6.45) is 8.18. The van der Waals surface area contributed by atoms with Crippen molar-refractivity contribution in [2.45, 2.75) is 19.3 Å². The summed E-state index contributed by atoms with van der Waals surface area (Å²) in [7, 11) is 0. The molecular formula is C17H19N3O2. The van der Waals surface area contributed by atoms with Gasteiger partial charge in [-0.3, -0.25) is 4.98 Å². The molecule has 0 atom stereocenters. The topological polar surface area (TPSA) is 55.3 Å². The normalized spacial score (nSPS) is 14.1. The van der Waals surface area contributed by atoms with Crippen LogP contribution < -0.4 is 4.90 Å². The van der Waals surface area contributed by atoms with Crippen molar-refractivity contribution in [3.8, 4) is 0 Å². The number of esters is 1. The molecule has 1 aliphatic rings. The van der Waals surface area contributed by atoms with Gasteiger partial charge >= 0.3 is 5.97 Å². The number of anilines is 1. The van der Waals surface area contributed by atoms with E-state index < -0.39 is 0 Å². The molecule has 2 aromatic heterocycles. The molecule has 5 heteroatoms. The smallest absolute Gasteiger partial charge is 0.339 e. The molecule has 22 heavy (non-hydrogen) atoms. The Hall–Kier alpha value is -2.43. The van der Waals surface area contributed by atoms with Crippen molar-refractivity contribution in [1.82, 2.24) is 9.97 Å². The average molecular weight is 297 g/mol. The van der Waals surface area contributed by atoms with Crippen molar-refractivity contribution in [3.63, 3.8) is 0 Å². The van der Waals surface area contributed by atoms with Gasteiger partial charge in [0.2, 0.25) is 0 Å². The number of rotatable bonds is 5. The fraction of sp³-hybridized carbons (Fsp3) is 0.353. The minimum atomic E-state index is -0.329. The quantitative estimate of drug-likeness (QED) is 0.794. The van der Waals surface area contributed by atoms with Gasteiger partial charge < -0.3 is 9.64 Å². The van der Waals surface area contributed by atoms with Gasteiger partial charge in [0.05, 0.1) is 12.2 Å².